The van der Waals surface area contributed by atoms with Gasteiger partial charge in [-0.05, 0) is 38.5 Å². The molecule has 2 heteroatoms. The van der Waals surface area contributed by atoms with E-state index in [4.69, 9.17) is 0 Å². The summed E-state index contributed by atoms with van der Waals surface area (Å²) in [6.45, 7) is 10.3. The lowest BCUT2D eigenvalue weighted by Gasteiger charge is -2.03. The zero-order valence-corrected chi connectivity index (χ0v) is 10.8. The van der Waals surface area contributed by atoms with Crippen LogP contribution >= 0.6 is 0 Å². The summed E-state index contributed by atoms with van der Waals surface area (Å²) < 4.78 is 1.99. The molecule has 2 rings (SSSR count). The van der Waals surface area contributed by atoms with Gasteiger partial charge in [0.1, 0.15) is 0 Å². The summed E-state index contributed by atoms with van der Waals surface area (Å²) in [5, 5.41) is 4.50. The van der Waals surface area contributed by atoms with Gasteiger partial charge in [-0.2, -0.15) is 5.10 Å². The van der Waals surface area contributed by atoms with Crippen molar-refractivity contribution in [3.63, 3.8) is 0 Å². The highest BCUT2D eigenvalue weighted by molar-refractivity contribution is 5.36. The number of hydrogen-bond acceptors (Lipinski definition) is 1. The van der Waals surface area contributed by atoms with E-state index in [0.29, 0.717) is 0 Å². The summed E-state index contributed by atoms with van der Waals surface area (Å²) in [6.07, 6.45) is 0. The molecule has 0 saturated heterocycles. The first kappa shape index (κ1) is 12.5. The summed E-state index contributed by atoms with van der Waals surface area (Å²) in [6, 6.07) is 10.2. The molecule has 0 N–H and O–H groups in total. The van der Waals surface area contributed by atoms with E-state index in [1.807, 2.05) is 43.7 Å². The fourth-order valence-corrected chi connectivity index (χ4v) is 1.54. The van der Waals surface area contributed by atoms with Crippen LogP contribution in [0.2, 0.25) is 0 Å². The lowest BCUT2D eigenvalue weighted by molar-refractivity contribution is 0.833. The van der Waals surface area contributed by atoms with Crippen molar-refractivity contribution >= 4 is 0 Å². The summed E-state index contributed by atoms with van der Waals surface area (Å²) >= 11 is 0. The topological polar surface area (TPSA) is 17.8 Å². The molecule has 0 spiro atoms. The van der Waals surface area contributed by atoms with Gasteiger partial charge in [-0.3, -0.25) is 0 Å². The fourth-order valence-electron chi connectivity index (χ4n) is 1.54. The number of para-hydroxylation sites is 1. The molecule has 0 amide bonds. The highest BCUT2D eigenvalue weighted by Crippen LogP contribution is 2.15. The number of aromatic nitrogens is 2. The van der Waals surface area contributed by atoms with Crippen molar-refractivity contribution in [2.75, 3.05) is 0 Å². The third-order valence-corrected chi connectivity index (χ3v) is 2.65. The Morgan fingerprint density at radius 2 is 1.50 bits per heavy atom. The Bertz CT molecular complexity index is 441. The van der Waals surface area contributed by atoms with Crippen molar-refractivity contribution in [1.29, 1.82) is 0 Å². The Hall–Kier alpha value is -1.57. The first-order chi connectivity index (χ1) is 7.70. The lowest BCUT2D eigenvalue weighted by Crippen LogP contribution is -1.98. The predicted octanol–water partition coefficient (Wildman–Crippen LogP) is 3.82. The van der Waals surface area contributed by atoms with E-state index in [0.717, 1.165) is 11.4 Å². The van der Waals surface area contributed by atoms with Gasteiger partial charge in [-0.25, -0.2) is 4.68 Å². The van der Waals surface area contributed by atoms with Crippen molar-refractivity contribution in [3.05, 3.63) is 47.3 Å². The zero-order chi connectivity index (χ0) is 12.1. The molecular weight excluding hydrogens is 196 g/mol. The Kier molecular flexibility index (Phi) is 4.29. The lowest BCUT2D eigenvalue weighted by atomic mass is 10.2. The van der Waals surface area contributed by atoms with E-state index in [2.05, 4.69) is 31.1 Å². The average Bonchev–Trinajstić information content (AvgIpc) is 2.61. The van der Waals surface area contributed by atoms with Crippen molar-refractivity contribution in [2.24, 2.45) is 0 Å². The zero-order valence-electron chi connectivity index (χ0n) is 10.8. The first-order valence-electron chi connectivity index (χ1n) is 5.78. The Labute approximate surface area is 97.9 Å². The molecule has 1 aromatic heterocycles. The molecule has 0 bridgehead atoms. The summed E-state index contributed by atoms with van der Waals surface area (Å²) in [5.41, 5.74) is 4.72. The molecule has 0 aliphatic carbocycles. The fraction of sp³-hybridized carbons (Fsp3) is 0.357. The monoisotopic (exact) mass is 216 g/mol. The van der Waals surface area contributed by atoms with E-state index in [9.17, 15) is 0 Å². The van der Waals surface area contributed by atoms with Gasteiger partial charge in [0.15, 0.2) is 0 Å². The molecule has 0 aliphatic rings. The van der Waals surface area contributed by atoms with Gasteiger partial charge >= 0.3 is 0 Å². The van der Waals surface area contributed by atoms with Crippen LogP contribution in [0.1, 0.15) is 30.8 Å². The van der Waals surface area contributed by atoms with Crippen LogP contribution < -0.4 is 0 Å². The van der Waals surface area contributed by atoms with Crippen molar-refractivity contribution in [1.82, 2.24) is 9.78 Å². The van der Waals surface area contributed by atoms with Crippen LogP contribution in [0, 0.1) is 20.8 Å². The molecular formula is C14H20N2. The molecule has 1 aromatic carbocycles. The molecule has 86 valence electrons. The Balaban J connectivity index is 0.000000606. The van der Waals surface area contributed by atoms with Crippen LogP contribution in [0.4, 0.5) is 0 Å². The highest BCUT2D eigenvalue weighted by Gasteiger charge is 2.07. The number of nitrogens with zero attached hydrogens (tertiary/aromatic N) is 2. The van der Waals surface area contributed by atoms with Crippen molar-refractivity contribution in [3.8, 4) is 5.69 Å². The van der Waals surface area contributed by atoms with Gasteiger partial charge < -0.3 is 0 Å². The first-order valence-corrected chi connectivity index (χ1v) is 5.78. The second-order valence-corrected chi connectivity index (χ2v) is 3.54. The maximum Gasteiger partial charge on any atom is 0.0648 e. The van der Waals surface area contributed by atoms with Gasteiger partial charge in [0, 0.05) is 5.69 Å². The third kappa shape index (κ3) is 2.32. The maximum absolute atomic E-state index is 4.50. The smallest absolute Gasteiger partial charge is 0.0648 e. The standard InChI is InChI=1S/C12H14N2.C2H6/c1-9-10(2)13-14(11(9)3)12-7-5-4-6-8-12;1-2/h4-8H,1-3H3;1-2H3. The minimum absolute atomic E-state index is 1.10. The summed E-state index contributed by atoms with van der Waals surface area (Å²) in [7, 11) is 0. The van der Waals surface area contributed by atoms with E-state index >= 15 is 0 Å². The maximum atomic E-state index is 4.50. The minimum Gasteiger partial charge on any atom is -0.238 e. The Morgan fingerprint density at radius 1 is 0.938 bits per heavy atom. The molecule has 0 aliphatic heterocycles. The minimum atomic E-state index is 1.10. The van der Waals surface area contributed by atoms with E-state index < -0.39 is 0 Å². The van der Waals surface area contributed by atoms with Gasteiger partial charge in [0.2, 0.25) is 0 Å². The Morgan fingerprint density at radius 3 is 1.94 bits per heavy atom. The van der Waals surface area contributed by atoms with Crippen LogP contribution in [-0.4, -0.2) is 9.78 Å². The van der Waals surface area contributed by atoms with E-state index in [-0.39, 0.29) is 0 Å². The van der Waals surface area contributed by atoms with Crippen LogP contribution in [0.15, 0.2) is 30.3 Å². The molecule has 0 atom stereocenters. The van der Waals surface area contributed by atoms with Crippen LogP contribution in [0.25, 0.3) is 5.69 Å². The molecule has 0 saturated carbocycles. The SMILES string of the molecule is CC.Cc1nn(-c2ccccc2)c(C)c1C. The van der Waals surface area contributed by atoms with Gasteiger partial charge in [0.25, 0.3) is 0 Å². The highest BCUT2D eigenvalue weighted by atomic mass is 15.3. The molecule has 2 nitrogen and oxygen atoms in total. The number of aryl methyl sites for hydroxylation is 1. The predicted molar refractivity (Wildman–Crippen MR) is 69.1 cm³/mol. The molecule has 0 radical (unpaired) electrons. The molecule has 1 heterocycles. The van der Waals surface area contributed by atoms with Crippen LogP contribution in [0.5, 0.6) is 0 Å². The molecule has 0 fully saturated rings. The average molecular weight is 216 g/mol. The number of hydrogen-bond donors (Lipinski definition) is 0. The van der Waals surface area contributed by atoms with Crippen LogP contribution in [-0.2, 0) is 0 Å². The summed E-state index contributed by atoms with van der Waals surface area (Å²) in [4.78, 5) is 0. The summed E-state index contributed by atoms with van der Waals surface area (Å²) in [5.74, 6) is 0. The van der Waals surface area contributed by atoms with Crippen molar-refractivity contribution in [2.45, 2.75) is 34.6 Å². The van der Waals surface area contributed by atoms with Gasteiger partial charge in [0.05, 0.1) is 11.4 Å². The van der Waals surface area contributed by atoms with E-state index in [1.54, 1.807) is 0 Å². The van der Waals surface area contributed by atoms with Gasteiger partial charge in [-0.1, -0.05) is 32.0 Å². The second kappa shape index (κ2) is 5.50. The number of rotatable bonds is 1. The van der Waals surface area contributed by atoms with Gasteiger partial charge in [-0.15, -0.1) is 0 Å². The molecule has 16 heavy (non-hydrogen) atoms. The van der Waals surface area contributed by atoms with Crippen LogP contribution in [0.3, 0.4) is 0 Å². The molecule has 2 aromatic rings. The molecule has 0 unspecified atom stereocenters. The third-order valence-electron chi connectivity index (χ3n) is 2.65. The van der Waals surface area contributed by atoms with E-state index in [1.165, 1.54) is 11.3 Å². The quantitative estimate of drug-likeness (QED) is 0.708. The largest absolute Gasteiger partial charge is 0.238 e. The number of benzene rings is 1. The normalized spacial score (nSPS) is 9.56. The second-order valence-electron chi connectivity index (χ2n) is 3.54. The van der Waals surface area contributed by atoms with Crippen molar-refractivity contribution < 1.29 is 0 Å².